The minimum atomic E-state index is -1.18. The second-order valence-corrected chi connectivity index (χ2v) is 5.69. The van der Waals surface area contributed by atoms with Gasteiger partial charge in [-0.3, -0.25) is 0 Å². The molecule has 2 aromatic rings. The van der Waals surface area contributed by atoms with Crippen LogP contribution < -0.4 is 0 Å². The first kappa shape index (κ1) is 14.2. The Kier molecular flexibility index (Phi) is 3.69. The average molecular weight is 365 g/mol. The molecule has 7 nitrogen and oxygen atoms in total. The largest absolute Gasteiger partial charge is 0.394 e. The second-order valence-electron chi connectivity index (χ2n) is 4.48. The number of fused-ring (bicyclic) bond motifs is 1. The third kappa shape index (κ3) is 2.03. The number of nitrogens with zero attached hydrogens (tertiary/aromatic N) is 3. The Morgan fingerprint density at radius 3 is 2.75 bits per heavy atom. The lowest BCUT2D eigenvalue weighted by Gasteiger charge is -2.17. The third-order valence-corrected chi connectivity index (χ3v) is 4.20. The number of aromatic nitrogens is 3. The molecule has 4 atom stereocenters. The molecule has 1 aliphatic rings. The van der Waals surface area contributed by atoms with Crippen molar-refractivity contribution < 1.29 is 20.1 Å². The fraction of sp³-hybridized carbons (Fsp3) is 0.455. The van der Waals surface area contributed by atoms with Gasteiger partial charge in [-0.1, -0.05) is 11.6 Å². The quantitative estimate of drug-likeness (QED) is 0.669. The first-order valence-electron chi connectivity index (χ1n) is 5.83. The van der Waals surface area contributed by atoms with E-state index in [9.17, 15) is 10.2 Å². The third-order valence-electron chi connectivity index (χ3n) is 3.31. The minimum Gasteiger partial charge on any atom is -0.394 e. The summed E-state index contributed by atoms with van der Waals surface area (Å²) in [4.78, 5) is 8.01. The van der Waals surface area contributed by atoms with Crippen molar-refractivity contribution in [1.29, 1.82) is 0 Å². The second kappa shape index (κ2) is 5.21. The monoisotopic (exact) mass is 363 g/mol. The Labute approximate surface area is 126 Å². The smallest absolute Gasteiger partial charge is 0.164 e. The van der Waals surface area contributed by atoms with Crippen LogP contribution >= 0.6 is 27.5 Å². The summed E-state index contributed by atoms with van der Waals surface area (Å²) in [6, 6.07) is 0. The molecule has 3 N–H and O–H groups in total. The van der Waals surface area contributed by atoms with Gasteiger partial charge in [0, 0.05) is 10.7 Å². The van der Waals surface area contributed by atoms with Crippen LogP contribution in [0, 0.1) is 0 Å². The fourth-order valence-corrected chi connectivity index (χ4v) is 3.24. The first-order valence-corrected chi connectivity index (χ1v) is 7.00. The maximum absolute atomic E-state index is 10.1. The molecule has 0 saturated carbocycles. The number of hydrogen-bond donors (Lipinski definition) is 3. The van der Waals surface area contributed by atoms with Gasteiger partial charge >= 0.3 is 0 Å². The standard InChI is InChI=1S/C11H11BrClN3O4/c12-4-1-16(10-6(4)9(13)14-3-15-10)11-8(19)7(18)5(2-17)20-11/h1,3,5,7-8,11,17-19H,2H2/t5-,7+,8-,11-/m0/s1. The van der Waals surface area contributed by atoms with Gasteiger partial charge in [-0.2, -0.15) is 0 Å². The molecule has 1 aliphatic heterocycles. The highest BCUT2D eigenvalue weighted by atomic mass is 79.9. The van der Waals surface area contributed by atoms with Gasteiger partial charge in [-0.05, 0) is 15.9 Å². The Bertz CT molecular complexity index is 652. The molecule has 0 spiro atoms. The summed E-state index contributed by atoms with van der Waals surface area (Å²) in [5, 5.41) is 29.8. The molecular weight excluding hydrogens is 353 g/mol. The first-order chi connectivity index (χ1) is 9.54. The van der Waals surface area contributed by atoms with Crippen LogP contribution in [0.5, 0.6) is 0 Å². The van der Waals surface area contributed by atoms with Crippen molar-refractivity contribution >= 4 is 38.6 Å². The summed E-state index contributed by atoms with van der Waals surface area (Å²) in [6.07, 6.45) is -1.10. The van der Waals surface area contributed by atoms with Gasteiger partial charge in [0.1, 0.15) is 35.4 Å². The summed E-state index contributed by atoms with van der Waals surface area (Å²) >= 11 is 9.36. The van der Waals surface area contributed by atoms with Crippen molar-refractivity contribution in [3.8, 4) is 0 Å². The molecule has 0 amide bonds. The molecule has 1 saturated heterocycles. The molecule has 1 fully saturated rings. The van der Waals surface area contributed by atoms with E-state index in [0.717, 1.165) is 0 Å². The Morgan fingerprint density at radius 1 is 1.35 bits per heavy atom. The lowest BCUT2D eigenvalue weighted by molar-refractivity contribution is -0.0509. The molecule has 3 rings (SSSR count). The summed E-state index contributed by atoms with van der Waals surface area (Å²) < 4.78 is 7.67. The van der Waals surface area contributed by atoms with Gasteiger partial charge in [0.05, 0.1) is 12.0 Å². The number of hydrogen-bond acceptors (Lipinski definition) is 6. The average Bonchev–Trinajstić information content (AvgIpc) is 2.90. The van der Waals surface area contributed by atoms with Crippen LogP contribution in [0.25, 0.3) is 11.0 Å². The normalized spacial score (nSPS) is 30.2. The van der Waals surface area contributed by atoms with Gasteiger partial charge in [-0.15, -0.1) is 0 Å². The summed E-state index contributed by atoms with van der Waals surface area (Å²) in [5.74, 6) is 0. The van der Waals surface area contributed by atoms with E-state index in [1.165, 1.54) is 6.33 Å². The molecule has 20 heavy (non-hydrogen) atoms. The number of halogens is 2. The van der Waals surface area contributed by atoms with Crippen LogP contribution in [0.2, 0.25) is 5.15 Å². The number of ether oxygens (including phenoxy) is 1. The van der Waals surface area contributed by atoms with Crippen LogP contribution in [0.1, 0.15) is 6.23 Å². The zero-order valence-electron chi connectivity index (χ0n) is 10.0. The number of aliphatic hydroxyl groups is 3. The van der Waals surface area contributed by atoms with Crippen LogP contribution in [0.3, 0.4) is 0 Å². The van der Waals surface area contributed by atoms with E-state index in [2.05, 4.69) is 25.9 Å². The predicted octanol–water partition coefficient (Wildman–Crippen LogP) is 0.459. The summed E-state index contributed by atoms with van der Waals surface area (Å²) in [6.45, 7) is -0.384. The summed E-state index contributed by atoms with van der Waals surface area (Å²) in [5.41, 5.74) is 0.465. The van der Waals surface area contributed by atoms with Crippen LogP contribution in [-0.2, 0) is 4.74 Å². The van der Waals surface area contributed by atoms with E-state index in [1.807, 2.05) is 0 Å². The van der Waals surface area contributed by atoms with E-state index in [4.69, 9.17) is 21.4 Å². The Hall–Kier alpha value is -0.770. The lowest BCUT2D eigenvalue weighted by atomic mass is 10.1. The zero-order valence-corrected chi connectivity index (χ0v) is 12.4. The molecule has 0 aliphatic carbocycles. The van der Waals surface area contributed by atoms with Crippen molar-refractivity contribution in [2.45, 2.75) is 24.5 Å². The van der Waals surface area contributed by atoms with Crippen LogP contribution in [-0.4, -0.2) is 54.8 Å². The highest BCUT2D eigenvalue weighted by Gasteiger charge is 2.44. The van der Waals surface area contributed by atoms with Gasteiger partial charge in [-0.25, -0.2) is 9.97 Å². The number of aliphatic hydroxyl groups excluding tert-OH is 3. The molecular formula is C11H11BrClN3O4. The van der Waals surface area contributed by atoms with Crippen LogP contribution in [0.4, 0.5) is 0 Å². The molecule has 0 bridgehead atoms. The van der Waals surface area contributed by atoms with Gasteiger partial charge < -0.3 is 24.6 Å². The van der Waals surface area contributed by atoms with Gasteiger partial charge in [0.25, 0.3) is 0 Å². The molecule has 3 heterocycles. The molecule has 2 aromatic heterocycles. The van der Waals surface area contributed by atoms with E-state index >= 15 is 0 Å². The molecule has 0 aromatic carbocycles. The van der Waals surface area contributed by atoms with E-state index in [1.54, 1.807) is 10.8 Å². The fourth-order valence-electron chi connectivity index (χ4n) is 2.31. The minimum absolute atomic E-state index is 0.271. The van der Waals surface area contributed by atoms with Crippen molar-refractivity contribution in [3.63, 3.8) is 0 Å². The molecule has 108 valence electrons. The Morgan fingerprint density at radius 2 is 2.10 bits per heavy atom. The van der Waals surface area contributed by atoms with Crippen molar-refractivity contribution in [2.75, 3.05) is 6.61 Å². The predicted molar refractivity (Wildman–Crippen MR) is 73.2 cm³/mol. The van der Waals surface area contributed by atoms with Gasteiger partial charge in [0.2, 0.25) is 0 Å². The zero-order chi connectivity index (χ0) is 14.4. The van der Waals surface area contributed by atoms with E-state index < -0.39 is 24.5 Å². The lowest BCUT2D eigenvalue weighted by Crippen LogP contribution is -2.33. The van der Waals surface area contributed by atoms with E-state index in [0.29, 0.717) is 15.5 Å². The highest BCUT2D eigenvalue weighted by Crippen LogP contribution is 2.36. The van der Waals surface area contributed by atoms with Crippen molar-refractivity contribution in [1.82, 2.24) is 14.5 Å². The maximum Gasteiger partial charge on any atom is 0.164 e. The van der Waals surface area contributed by atoms with E-state index in [-0.39, 0.29) is 11.8 Å². The topological polar surface area (TPSA) is 101 Å². The molecule has 0 unspecified atom stereocenters. The number of rotatable bonds is 2. The highest BCUT2D eigenvalue weighted by molar-refractivity contribution is 9.10. The van der Waals surface area contributed by atoms with Crippen molar-refractivity contribution in [3.05, 3.63) is 22.1 Å². The van der Waals surface area contributed by atoms with Crippen LogP contribution in [0.15, 0.2) is 17.0 Å². The van der Waals surface area contributed by atoms with Crippen molar-refractivity contribution in [2.24, 2.45) is 0 Å². The summed E-state index contributed by atoms with van der Waals surface area (Å²) in [7, 11) is 0. The Balaban J connectivity index is 2.10. The maximum atomic E-state index is 10.1. The molecule has 9 heteroatoms. The van der Waals surface area contributed by atoms with Gasteiger partial charge in [0.15, 0.2) is 6.23 Å². The SMILES string of the molecule is OC[C@@H]1O[C@H](n2cc(Br)c3c(Cl)ncnc32)[C@@H](O)[C@@H]1O. The molecule has 0 radical (unpaired) electrons.